The predicted molar refractivity (Wildman–Crippen MR) is 207 cm³/mol. The molecule has 1 unspecified atom stereocenters. The monoisotopic (exact) mass is 783 g/mol. The highest BCUT2D eigenvalue weighted by molar-refractivity contribution is 6.30. The molecule has 0 bridgehead atoms. The van der Waals surface area contributed by atoms with Crippen molar-refractivity contribution in [2.45, 2.75) is 88.7 Å². The minimum Gasteiger partial charge on any atom is -0.387 e. The number of aliphatic hydroxyl groups excluding tert-OH is 1. The number of rotatable bonds is 14. The molecular weight excluding hydrogens is 738 g/mol. The quantitative estimate of drug-likeness (QED) is 0.154. The Morgan fingerprint density at radius 2 is 1.71 bits per heavy atom. The number of aromatic nitrogens is 2. The fourth-order valence-electron chi connectivity index (χ4n) is 8.41. The maximum absolute atomic E-state index is 14.0. The lowest BCUT2D eigenvalue weighted by atomic mass is 9.91. The van der Waals surface area contributed by atoms with Crippen LogP contribution in [0, 0.1) is 0 Å². The number of hydrogen-bond acceptors (Lipinski definition) is 11. The number of anilines is 2. The third kappa shape index (κ3) is 8.03. The summed E-state index contributed by atoms with van der Waals surface area (Å²) in [4.78, 5) is 91.4. The number of nitrogens with one attached hydrogen (secondary N) is 2. The summed E-state index contributed by atoms with van der Waals surface area (Å²) in [6, 6.07) is 11.2. The van der Waals surface area contributed by atoms with Gasteiger partial charge in [0.15, 0.2) is 0 Å². The zero-order chi connectivity index (χ0) is 39.5. The molecule has 4 aliphatic rings. The molecule has 14 nitrogen and oxygen atoms in total. The summed E-state index contributed by atoms with van der Waals surface area (Å²) in [6.07, 6.45) is 4.81. The molecule has 1 aliphatic carbocycles. The van der Waals surface area contributed by atoms with Crippen molar-refractivity contribution in [3.8, 4) is 0 Å². The van der Waals surface area contributed by atoms with E-state index in [1.54, 1.807) is 30.3 Å². The summed E-state index contributed by atoms with van der Waals surface area (Å²) in [6.45, 7) is 4.80. The number of fused-ring (bicyclic) bond motifs is 2. The van der Waals surface area contributed by atoms with Crippen molar-refractivity contribution >= 4 is 58.4 Å². The molecule has 0 spiro atoms. The number of ketones is 1. The number of unbranched alkanes of at least 4 members (excludes halogenated alkanes) is 1. The Morgan fingerprint density at radius 1 is 0.964 bits per heavy atom. The van der Waals surface area contributed by atoms with Crippen LogP contribution in [0.5, 0.6) is 0 Å². The molecule has 5 amide bonds. The third-order valence-electron chi connectivity index (χ3n) is 11.4. The molecule has 3 N–H and O–H groups in total. The Kier molecular flexibility index (Phi) is 11.8. The van der Waals surface area contributed by atoms with E-state index in [1.165, 1.54) is 6.33 Å². The van der Waals surface area contributed by atoms with E-state index >= 15 is 0 Å². The van der Waals surface area contributed by atoms with Gasteiger partial charge in [-0.1, -0.05) is 43.1 Å². The molecule has 0 saturated carbocycles. The van der Waals surface area contributed by atoms with Gasteiger partial charge in [0, 0.05) is 68.3 Å². The Morgan fingerprint density at radius 3 is 2.46 bits per heavy atom. The van der Waals surface area contributed by atoms with Crippen LogP contribution >= 0.6 is 11.6 Å². The van der Waals surface area contributed by atoms with Gasteiger partial charge in [-0.2, -0.15) is 0 Å². The van der Waals surface area contributed by atoms with Crippen LogP contribution in [0.15, 0.2) is 48.8 Å². The van der Waals surface area contributed by atoms with Crippen LogP contribution in [0.4, 0.5) is 11.5 Å². The molecule has 1 aromatic heterocycles. The highest BCUT2D eigenvalue weighted by Gasteiger charge is 2.45. The van der Waals surface area contributed by atoms with Crippen molar-refractivity contribution in [3.63, 3.8) is 0 Å². The molecule has 294 valence electrons. The van der Waals surface area contributed by atoms with Crippen molar-refractivity contribution in [3.05, 3.63) is 81.8 Å². The van der Waals surface area contributed by atoms with Crippen LogP contribution in [0.1, 0.15) is 120 Å². The van der Waals surface area contributed by atoms with E-state index in [2.05, 4.69) is 32.4 Å². The molecule has 3 aromatic rings. The number of piperidine rings is 1. The Hall–Kier alpha value is -5.21. The van der Waals surface area contributed by atoms with Gasteiger partial charge in [0.25, 0.3) is 11.8 Å². The molecule has 3 aliphatic heterocycles. The molecular formula is C41H46ClN7O7. The van der Waals surface area contributed by atoms with Gasteiger partial charge in [0.2, 0.25) is 17.7 Å². The third-order valence-corrected chi connectivity index (χ3v) is 11.6. The lowest BCUT2D eigenvalue weighted by molar-refractivity contribution is -0.136. The van der Waals surface area contributed by atoms with Gasteiger partial charge in [-0.05, 0) is 67.9 Å². The van der Waals surface area contributed by atoms with Gasteiger partial charge >= 0.3 is 0 Å². The van der Waals surface area contributed by atoms with E-state index in [0.717, 1.165) is 21.8 Å². The van der Waals surface area contributed by atoms with Gasteiger partial charge < -0.3 is 20.2 Å². The molecule has 2 fully saturated rings. The van der Waals surface area contributed by atoms with Crippen LogP contribution in [0.2, 0.25) is 5.02 Å². The number of piperazine rings is 1. The first kappa shape index (κ1) is 39.0. The summed E-state index contributed by atoms with van der Waals surface area (Å²) < 4.78 is 0. The first-order valence-corrected chi connectivity index (χ1v) is 19.8. The van der Waals surface area contributed by atoms with Gasteiger partial charge in [0.05, 0.1) is 28.8 Å². The topological polar surface area (TPSA) is 182 Å². The van der Waals surface area contributed by atoms with Crippen molar-refractivity contribution in [1.82, 2.24) is 25.1 Å². The van der Waals surface area contributed by atoms with Crippen molar-refractivity contribution in [2.75, 3.05) is 42.9 Å². The van der Waals surface area contributed by atoms with Crippen LogP contribution in [0.25, 0.3) is 0 Å². The standard InChI is InChI=1S/C41H46ClN7O7/c1-24-22-32(51)36-34(24)37(45-23-44-36)47-18-20-48(21-19-47)39(54)28(25-11-13-26(42)14-12-25)8-3-2-6-27(50)7-5-17-43-30-10-4-9-29-35(30)41(56)49(40(29)55)31-15-16-33(52)46-38(31)53/h4,9-14,23-24,28,31-32,43,51H,2-3,5-8,15-22H2,1H3,(H,46,52,53)/t24-,28-,31?,32-/m1/s1. The summed E-state index contributed by atoms with van der Waals surface area (Å²) >= 11 is 6.19. The van der Waals surface area contributed by atoms with E-state index in [0.29, 0.717) is 94.1 Å². The van der Waals surface area contributed by atoms with E-state index in [9.17, 15) is 33.9 Å². The lowest BCUT2D eigenvalue weighted by Crippen LogP contribution is -2.54. The van der Waals surface area contributed by atoms with Gasteiger partial charge in [-0.15, -0.1) is 0 Å². The van der Waals surface area contributed by atoms with Crippen LogP contribution < -0.4 is 15.5 Å². The number of carbonyl (C=O) groups excluding carboxylic acids is 6. The fourth-order valence-corrected chi connectivity index (χ4v) is 8.53. The Labute approximate surface area is 330 Å². The Balaban J connectivity index is 0.881. The molecule has 4 atom stereocenters. The van der Waals surface area contributed by atoms with Crippen LogP contribution in [-0.2, 0) is 19.2 Å². The second kappa shape index (κ2) is 16.9. The number of carbonyl (C=O) groups is 6. The van der Waals surface area contributed by atoms with Crippen LogP contribution in [-0.4, -0.2) is 99.0 Å². The van der Waals surface area contributed by atoms with Crippen molar-refractivity contribution in [2.24, 2.45) is 0 Å². The van der Waals surface area contributed by atoms with Crippen LogP contribution in [0.3, 0.4) is 0 Å². The van der Waals surface area contributed by atoms with E-state index < -0.39 is 35.8 Å². The maximum atomic E-state index is 14.0. The SMILES string of the molecule is C[C@@H]1C[C@@H](O)c2ncnc(N3CCN(C(=O)[C@H](CCCCC(=O)CCCNc4cccc5c4C(=O)N(C4CCC(=O)NC4=O)C5=O)c4ccc(Cl)cc4)CC3)c21. The largest absolute Gasteiger partial charge is 0.387 e. The van der Waals surface area contributed by atoms with Gasteiger partial charge in [0.1, 0.15) is 24.0 Å². The molecule has 56 heavy (non-hydrogen) atoms. The Bertz CT molecular complexity index is 2030. The summed E-state index contributed by atoms with van der Waals surface area (Å²) in [7, 11) is 0. The molecule has 15 heteroatoms. The first-order chi connectivity index (χ1) is 27.0. The maximum Gasteiger partial charge on any atom is 0.264 e. The molecule has 0 radical (unpaired) electrons. The molecule has 4 heterocycles. The zero-order valence-electron chi connectivity index (χ0n) is 31.3. The average molecular weight is 784 g/mol. The number of halogens is 1. The predicted octanol–water partition coefficient (Wildman–Crippen LogP) is 4.53. The number of imide groups is 2. The van der Waals surface area contributed by atoms with Crippen molar-refractivity contribution in [1.29, 1.82) is 0 Å². The number of nitrogens with zero attached hydrogens (tertiary/aromatic N) is 5. The summed E-state index contributed by atoms with van der Waals surface area (Å²) in [5.41, 5.74) is 3.42. The molecule has 2 saturated heterocycles. The molecule has 7 rings (SSSR count). The minimum absolute atomic E-state index is 0.0442. The zero-order valence-corrected chi connectivity index (χ0v) is 32.1. The van der Waals surface area contributed by atoms with E-state index in [4.69, 9.17) is 11.6 Å². The minimum atomic E-state index is -1.04. The number of aliphatic hydroxyl groups is 1. The number of benzene rings is 2. The van der Waals surface area contributed by atoms with Crippen molar-refractivity contribution < 1.29 is 33.9 Å². The summed E-state index contributed by atoms with van der Waals surface area (Å²) in [5, 5.41) is 16.4. The van der Waals surface area contributed by atoms with E-state index in [-0.39, 0.29) is 47.5 Å². The number of hydrogen-bond donors (Lipinski definition) is 3. The highest BCUT2D eigenvalue weighted by Crippen LogP contribution is 2.43. The normalized spacial score (nSPS) is 21.2. The van der Waals surface area contributed by atoms with Gasteiger partial charge in [-0.3, -0.25) is 39.0 Å². The lowest BCUT2D eigenvalue weighted by Gasteiger charge is -2.38. The molecule has 2 aromatic carbocycles. The average Bonchev–Trinajstić information content (AvgIpc) is 3.63. The van der Waals surface area contributed by atoms with Gasteiger partial charge in [-0.25, -0.2) is 9.97 Å². The smallest absolute Gasteiger partial charge is 0.264 e. The summed E-state index contributed by atoms with van der Waals surface area (Å²) in [5.74, 6) is -1.47. The first-order valence-electron chi connectivity index (χ1n) is 19.4. The number of Topliss-reactive ketones (excluding diaryl/α,β-unsaturated/α-hetero) is 1. The highest BCUT2D eigenvalue weighted by atomic mass is 35.5. The number of amides is 5. The second-order valence-corrected chi connectivity index (χ2v) is 15.5. The van der Waals surface area contributed by atoms with E-state index in [1.807, 2.05) is 17.0 Å². The fraction of sp³-hybridized carbons (Fsp3) is 0.463. The second-order valence-electron chi connectivity index (χ2n) is 15.1.